The Balaban J connectivity index is 2.73. The number of carboxylic acid groups (broad SMARTS) is 1. The van der Waals surface area contributed by atoms with Gasteiger partial charge in [-0.2, -0.15) is 0 Å². The van der Waals surface area contributed by atoms with Gasteiger partial charge in [-0.25, -0.2) is 26.4 Å². The van der Waals surface area contributed by atoms with Gasteiger partial charge >= 0.3 is 5.97 Å². The Bertz CT molecular complexity index is 656. The summed E-state index contributed by atoms with van der Waals surface area (Å²) in [6, 6.07) is 1.99. The highest BCUT2D eigenvalue weighted by Crippen LogP contribution is 2.13. The van der Waals surface area contributed by atoms with E-state index in [9.17, 15) is 21.6 Å². The van der Waals surface area contributed by atoms with Crippen LogP contribution in [0.1, 0.15) is 17.5 Å². The third-order valence-electron chi connectivity index (χ3n) is 2.20. The van der Waals surface area contributed by atoms with Gasteiger partial charge in [0.1, 0.15) is 0 Å². The van der Waals surface area contributed by atoms with Crippen LogP contribution < -0.4 is 4.72 Å². The molecule has 0 aliphatic rings. The summed E-state index contributed by atoms with van der Waals surface area (Å²) in [5.74, 6) is -2.33. The zero-order valence-electron chi connectivity index (χ0n) is 9.99. The predicted octanol–water partition coefficient (Wildman–Crippen LogP) is -0.309. The zero-order valence-corrected chi connectivity index (χ0v) is 11.6. The fourth-order valence-corrected chi connectivity index (χ4v) is 2.92. The standard InChI is InChI=1S/C9H13NO7S2/c1-2-18(13,14)6-5-10-19(15,16)8-4-3-7(17-8)9(11)12/h3-4,10H,2,5-6H2,1H3,(H,11,12). The molecule has 0 amide bonds. The molecule has 19 heavy (non-hydrogen) atoms. The van der Waals surface area contributed by atoms with Gasteiger partial charge in [-0.1, -0.05) is 6.92 Å². The van der Waals surface area contributed by atoms with Gasteiger partial charge in [0.05, 0.1) is 5.75 Å². The molecule has 0 fully saturated rings. The van der Waals surface area contributed by atoms with Gasteiger partial charge in [0, 0.05) is 12.3 Å². The van der Waals surface area contributed by atoms with E-state index in [1.54, 1.807) is 0 Å². The molecule has 1 heterocycles. The third kappa shape index (κ3) is 4.33. The molecule has 0 spiro atoms. The molecular formula is C9H13NO7S2. The third-order valence-corrected chi connectivity index (χ3v) is 5.24. The van der Waals surface area contributed by atoms with Crippen LogP contribution in [0.25, 0.3) is 0 Å². The highest BCUT2D eigenvalue weighted by atomic mass is 32.2. The Labute approximate surface area is 110 Å². The highest BCUT2D eigenvalue weighted by Gasteiger charge is 2.21. The van der Waals surface area contributed by atoms with Crippen molar-refractivity contribution >= 4 is 25.8 Å². The molecule has 1 aromatic rings. The molecule has 1 aromatic heterocycles. The smallest absolute Gasteiger partial charge is 0.371 e. The van der Waals surface area contributed by atoms with Crippen LogP contribution in [0.15, 0.2) is 21.6 Å². The largest absolute Gasteiger partial charge is 0.475 e. The van der Waals surface area contributed by atoms with Crippen LogP contribution >= 0.6 is 0 Å². The first-order chi connectivity index (χ1) is 8.68. The SMILES string of the molecule is CCS(=O)(=O)CCNS(=O)(=O)c1ccc(C(=O)O)o1. The normalized spacial score (nSPS) is 12.5. The maximum atomic E-state index is 11.6. The first-order valence-corrected chi connectivity index (χ1v) is 8.51. The lowest BCUT2D eigenvalue weighted by molar-refractivity contribution is 0.0656. The van der Waals surface area contributed by atoms with Crippen LogP contribution in [0.5, 0.6) is 0 Å². The second kappa shape index (κ2) is 5.72. The predicted molar refractivity (Wildman–Crippen MR) is 65.2 cm³/mol. The second-order valence-corrected chi connectivity index (χ2v) is 7.73. The van der Waals surface area contributed by atoms with Gasteiger partial charge in [0.25, 0.3) is 10.0 Å². The van der Waals surface area contributed by atoms with Crippen molar-refractivity contribution in [3.05, 3.63) is 17.9 Å². The van der Waals surface area contributed by atoms with Crippen molar-refractivity contribution < 1.29 is 31.2 Å². The Morgan fingerprint density at radius 3 is 2.42 bits per heavy atom. The first kappa shape index (κ1) is 15.7. The molecule has 1 rings (SSSR count). The minimum absolute atomic E-state index is 0.0847. The number of rotatable bonds is 7. The molecule has 10 heteroatoms. The molecule has 2 N–H and O–H groups in total. The second-order valence-electron chi connectivity index (χ2n) is 3.56. The minimum Gasteiger partial charge on any atom is -0.475 e. The number of carboxylic acids is 1. The molecule has 108 valence electrons. The van der Waals surface area contributed by atoms with E-state index in [-0.39, 0.29) is 18.1 Å². The van der Waals surface area contributed by atoms with Gasteiger partial charge in [-0.3, -0.25) is 0 Å². The number of carbonyl (C=O) groups is 1. The summed E-state index contributed by atoms with van der Waals surface area (Å²) >= 11 is 0. The Kier molecular flexibility index (Phi) is 4.71. The lowest BCUT2D eigenvalue weighted by atomic mass is 10.5. The van der Waals surface area contributed by atoms with Crippen molar-refractivity contribution in [1.29, 1.82) is 0 Å². The maximum Gasteiger partial charge on any atom is 0.371 e. The summed E-state index contributed by atoms with van der Waals surface area (Å²) in [5, 5.41) is 8.02. The number of sulfonamides is 1. The fraction of sp³-hybridized carbons (Fsp3) is 0.444. The van der Waals surface area contributed by atoms with E-state index in [1.807, 2.05) is 4.72 Å². The number of hydrogen-bond donors (Lipinski definition) is 2. The summed E-state index contributed by atoms with van der Waals surface area (Å²) in [7, 11) is -7.33. The molecule has 0 bridgehead atoms. The van der Waals surface area contributed by atoms with Crippen molar-refractivity contribution in [2.75, 3.05) is 18.1 Å². The topological polar surface area (TPSA) is 131 Å². The van der Waals surface area contributed by atoms with Crippen LogP contribution in [-0.4, -0.2) is 46.0 Å². The first-order valence-electron chi connectivity index (χ1n) is 5.21. The number of nitrogens with one attached hydrogen (secondary N) is 1. The van der Waals surface area contributed by atoms with Gasteiger partial charge in [-0.15, -0.1) is 0 Å². The molecule has 0 aliphatic heterocycles. The summed E-state index contributed by atoms with van der Waals surface area (Å²) in [6.45, 7) is 1.15. The lowest BCUT2D eigenvalue weighted by Crippen LogP contribution is -2.29. The number of aromatic carboxylic acids is 1. The molecule has 0 aliphatic carbocycles. The summed E-state index contributed by atoms with van der Waals surface area (Å²) in [6.07, 6.45) is 0. The van der Waals surface area contributed by atoms with Gasteiger partial charge < -0.3 is 9.52 Å². The molecule has 0 radical (unpaired) electrons. The zero-order chi connectivity index (χ0) is 14.7. The monoisotopic (exact) mass is 311 g/mol. The summed E-state index contributed by atoms with van der Waals surface area (Å²) in [5.41, 5.74) is 0. The molecule has 0 saturated carbocycles. The van der Waals surface area contributed by atoms with E-state index in [0.717, 1.165) is 12.1 Å². The van der Waals surface area contributed by atoms with E-state index in [0.29, 0.717) is 0 Å². The number of sulfone groups is 1. The Hall–Kier alpha value is -1.39. The maximum absolute atomic E-state index is 11.6. The van der Waals surface area contributed by atoms with Crippen LogP contribution in [0.3, 0.4) is 0 Å². The van der Waals surface area contributed by atoms with Crippen LogP contribution in [0.4, 0.5) is 0 Å². The van der Waals surface area contributed by atoms with Crippen molar-refractivity contribution in [2.24, 2.45) is 0 Å². The van der Waals surface area contributed by atoms with Crippen molar-refractivity contribution in [3.63, 3.8) is 0 Å². The van der Waals surface area contributed by atoms with E-state index < -0.39 is 36.7 Å². The Morgan fingerprint density at radius 1 is 1.32 bits per heavy atom. The molecule has 0 aromatic carbocycles. The average Bonchev–Trinajstić information content (AvgIpc) is 2.78. The van der Waals surface area contributed by atoms with Crippen LogP contribution in [-0.2, 0) is 19.9 Å². The Morgan fingerprint density at radius 2 is 1.95 bits per heavy atom. The molecular weight excluding hydrogens is 298 g/mol. The summed E-state index contributed by atoms with van der Waals surface area (Å²) < 4.78 is 52.3. The number of furan rings is 1. The van der Waals surface area contributed by atoms with Gasteiger partial charge in [0.15, 0.2) is 9.84 Å². The summed E-state index contributed by atoms with van der Waals surface area (Å²) in [4.78, 5) is 10.5. The molecule has 0 atom stereocenters. The highest BCUT2D eigenvalue weighted by molar-refractivity contribution is 7.91. The van der Waals surface area contributed by atoms with Crippen molar-refractivity contribution in [1.82, 2.24) is 4.72 Å². The van der Waals surface area contributed by atoms with E-state index >= 15 is 0 Å². The van der Waals surface area contributed by atoms with E-state index in [1.165, 1.54) is 6.92 Å². The fourth-order valence-electron chi connectivity index (χ4n) is 1.13. The van der Waals surface area contributed by atoms with E-state index in [4.69, 9.17) is 5.11 Å². The molecule has 0 unspecified atom stereocenters. The van der Waals surface area contributed by atoms with Gasteiger partial charge in [0.2, 0.25) is 10.9 Å². The molecule has 0 saturated heterocycles. The molecule has 8 nitrogen and oxygen atoms in total. The van der Waals surface area contributed by atoms with Crippen molar-refractivity contribution in [3.8, 4) is 0 Å². The van der Waals surface area contributed by atoms with E-state index in [2.05, 4.69) is 4.42 Å². The quantitative estimate of drug-likeness (QED) is 0.706. The van der Waals surface area contributed by atoms with Gasteiger partial charge in [-0.05, 0) is 12.1 Å². The number of hydrogen-bond acceptors (Lipinski definition) is 6. The average molecular weight is 311 g/mol. The van der Waals surface area contributed by atoms with Crippen molar-refractivity contribution in [2.45, 2.75) is 12.0 Å². The minimum atomic E-state index is -4.05. The lowest BCUT2D eigenvalue weighted by Gasteiger charge is -2.04. The van der Waals surface area contributed by atoms with Crippen LogP contribution in [0.2, 0.25) is 0 Å². The van der Waals surface area contributed by atoms with Crippen LogP contribution in [0, 0.1) is 0 Å².